The van der Waals surface area contributed by atoms with E-state index < -0.39 is 28.5 Å². The van der Waals surface area contributed by atoms with Crippen LogP contribution < -0.4 is 5.32 Å². The van der Waals surface area contributed by atoms with Crippen molar-refractivity contribution in [3.63, 3.8) is 0 Å². The highest BCUT2D eigenvalue weighted by Crippen LogP contribution is 2.19. The fourth-order valence-corrected chi connectivity index (χ4v) is 5.36. The van der Waals surface area contributed by atoms with E-state index in [0.717, 1.165) is 25.5 Å². The van der Waals surface area contributed by atoms with Gasteiger partial charge in [-0.1, -0.05) is 76.1 Å². The summed E-state index contributed by atoms with van der Waals surface area (Å²) in [5.41, 5.74) is 2.65. The molecular formula is C29H34BrN3O4S. The molecule has 38 heavy (non-hydrogen) atoms. The van der Waals surface area contributed by atoms with Gasteiger partial charge in [0.1, 0.15) is 6.04 Å². The van der Waals surface area contributed by atoms with E-state index in [0.29, 0.717) is 0 Å². The quantitative estimate of drug-likeness (QED) is 0.350. The van der Waals surface area contributed by atoms with Crippen molar-refractivity contribution < 1.29 is 18.0 Å². The van der Waals surface area contributed by atoms with Gasteiger partial charge in [-0.3, -0.25) is 9.59 Å². The Kier molecular flexibility index (Phi) is 10.2. The predicted molar refractivity (Wildman–Crippen MR) is 153 cm³/mol. The summed E-state index contributed by atoms with van der Waals surface area (Å²) < 4.78 is 28.3. The van der Waals surface area contributed by atoms with E-state index in [9.17, 15) is 18.0 Å². The fraction of sp³-hybridized carbons (Fsp3) is 0.310. The number of carbonyl (C=O) groups is 2. The Morgan fingerprint density at radius 1 is 0.895 bits per heavy atom. The number of halogens is 1. The smallest absolute Gasteiger partial charge is 0.243 e. The van der Waals surface area contributed by atoms with Crippen molar-refractivity contribution in [1.82, 2.24) is 14.5 Å². The molecule has 0 heterocycles. The zero-order chi connectivity index (χ0) is 27.9. The second-order valence-corrected chi connectivity index (χ2v) is 12.6. The Bertz CT molecular complexity index is 1330. The summed E-state index contributed by atoms with van der Waals surface area (Å²) in [4.78, 5) is 28.8. The second-order valence-electron chi connectivity index (χ2n) is 9.59. The number of sulfonamides is 1. The highest BCUT2D eigenvalue weighted by molar-refractivity contribution is 9.10. The van der Waals surface area contributed by atoms with E-state index in [1.807, 2.05) is 75.4 Å². The molecule has 1 N–H and O–H groups in total. The summed E-state index contributed by atoms with van der Waals surface area (Å²) in [6, 6.07) is 22.5. The molecule has 1 atom stereocenters. The minimum atomic E-state index is -3.91. The number of hydrogen-bond donors (Lipinski definition) is 1. The summed E-state index contributed by atoms with van der Waals surface area (Å²) in [6.07, 6.45) is 0.288. The normalized spacial score (nSPS) is 12.4. The zero-order valence-electron chi connectivity index (χ0n) is 22.1. The molecule has 3 rings (SSSR count). The van der Waals surface area contributed by atoms with Crippen molar-refractivity contribution >= 4 is 37.8 Å². The third kappa shape index (κ3) is 7.99. The first kappa shape index (κ1) is 29.5. The van der Waals surface area contributed by atoms with Gasteiger partial charge in [0.25, 0.3) is 0 Å². The van der Waals surface area contributed by atoms with Crippen LogP contribution in [0.25, 0.3) is 0 Å². The van der Waals surface area contributed by atoms with Crippen LogP contribution in [-0.4, -0.2) is 55.1 Å². The number of amides is 2. The van der Waals surface area contributed by atoms with E-state index >= 15 is 0 Å². The van der Waals surface area contributed by atoms with Crippen LogP contribution in [0.15, 0.2) is 88.2 Å². The molecule has 0 aliphatic heterocycles. The van der Waals surface area contributed by atoms with E-state index in [-0.39, 0.29) is 29.8 Å². The van der Waals surface area contributed by atoms with E-state index in [1.165, 1.54) is 24.1 Å². The van der Waals surface area contributed by atoms with Crippen molar-refractivity contribution in [2.45, 2.75) is 50.7 Å². The first-order valence-electron chi connectivity index (χ1n) is 12.4. The third-order valence-corrected chi connectivity index (χ3v) is 8.40. The molecule has 1 unspecified atom stereocenters. The Balaban J connectivity index is 1.96. The Labute approximate surface area is 234 Å². The lowest BCUT2D eigenvalue weighted by Gasteiger charge is -2.33. The van der Waals surface area contributed by atoms with Gasteiger partial charge in [0, 0.05) is 30.5 Å². The van der Waals surface area contributed by atoms with Gasteiger partial charge < -0.3 is 10.2 Å². The number of nitrogens with zero attached hydrogens (tertiary/aromatic N) is 2. The Morgan fingerprint density at radius 3 is 2.08 bits per heavy atom. The molecular weight excluding hydrogens is 566 g/mol. The monoisotopic (exact) mass is 599 g/mol. The van der Waals surface area contributed by atoms with Crippen LogP contribution in [0.2, 0.25) is 0 Å². The summed E-state index contributed by atoms with van der Waals surface area (Å²) in [5.74, 6) is -0.760. The van der Waals surface area contributed by atoms with E-state index in [2.05, 4.69) is 21.2 Å². The number of likely N-dealkylation sites (N-methyl/N-ethyl adjacent to an activating group) is 1. The molecule has 0 aliphatic carbocycles. The molecule has 7 nitrogen and oxygen atoms in total. The molecule has 0 aromatic heterocycles. The summed E-state index contributed by atoms with van der Waals surface area (Å²) >= 11 is 3.43. The molecule has 0 bridgehead atoms. The lowest BCUT2D eigenvalue weighted by Crippen LogP contribution is -2.53. The van der Waals surface area contributed by atoms with Crippen molar-refractivity contribution in [3.05, 3.63) is 100 Å². The largest absolute Gasteiger partial charge is 0.352 e. The average Bonchev–Trinajstić information content (AvgIpc) is 2.87. The van der Waals surface area contributed by atoms with Gasteiger partial charge in [-0.2, -0.15) is 4.31 Å². The summed E-state index contributed by atoms with van der Waals surface area (Å²) in [5, 5.41) is 2.94. The Morgan fingerprint density at radius 2 is 1.50 bits per heavy atom. The van der Waals surface area contributed by atoms with Crippen molar-refractivity contribution in [2.75, 3.05) is 13.6 Å². The maximum atomic E-state index is 13.8. The fourth-order valence-electron chi connectivity index (χ4n) is 3.98. The number of rotatable bonds is 11. The molecule has 0 spiro atoms. The standard InChI is InChI=1S/C29H34BrN3O4S/c1-21(2)31-29(35)27(18-23-8-6-5-7-9-23)33(19-24-12-14-25(30)15-13-24)28(34)20-32(4)38(36,37)26-16-10-22(3)11-17-26/h5-17,21,27H,18-20H2,1-4H3,(H,31,35). The molecule has 0 radical (unpaired) electrons. The molecule has 3 aromatic rings. The zero-order valence-corrected chi connectivity index (χ0v) is 24.5. The highest BCUT2D eigenvalue weighted by Gasteiger charge is 2.33. The van der Waals surface area contributed by atoms with Gasteiger partial charge in [-0.05, 0) is 56.2 Å². The topological polar surface area (TPSA) is 86.8 Å². The third-order valence-electron chi connectivity index (χ3n) is 6.06. The molecule has 3 aromatic carbocycles. The van der Waals surface area contributed by atoms with Crippen molar-refractivity contribution in [1.29, 1.82) is 0 Å². The second kappa shape index (κ2) is 13.2. The van der Waals surface area contributed by atoms with Gasteiger partial charge >= 0.3 is 0 Å². The van der Waals surface area contributed by atoms with E-state index in [1.54, 1.807) is 12.1 Å². The number of hydrogen-bond acceptors (Lipinski definition) is 4. The number of benzene rings is 3. The number of aryl methyl sites for hydroxylation is 1. The maximum Gasteiger partial charge on any atom is 0.243 e. The average molecular weight is 601 g/mol. The van der Waals surface area contributed by atoms with Crippen molar-refractivity contribution in [2.24, 2.45) is 0 Å². The molecule has 9 heteroatoms. The number of carbonyl (C=O) groups excluding carboxylic acids is 2. The van der Waals surface area contributed by atoms with Crippen LogP contribution in [0.3, 0.4) is 0 Å². The number of nitrogens with one attached hydrogen (secondary N) is 1. The minimum Gasteiger partial charge on any atom is -0.352 e. The minimum absolute atomic E-state index is 0.108. The van der Waals surface area contributed by atoms with Gasteiger partial charge in [0.15, 0.2) is 0 Å². The van der Waals surface area contributed by atoms with Crippen LogP contribution in [0, 0.1) is 6.92 Å². The lowest BCUT2D eigenvalue weighted by molar-refractivity contribution is -0.141. The van der Waals surface area contributed by atoms with Gasteiger partial charge in [-0.25, -0.2) is 8.42 Å². The molecule has 2 amide bonds. The maximum absolute atomic E-state index is 13.8. The van der Waals surface area contributed by atoms with E-state index in [4.69, 9.17) is 0 Å². The van der Waals surface area contributed by atoms with Crippen LogP contribution >= 0.6 is 15.9 Å². The van der Waals surface area contributed by atoms with Crippen molar-refractivity contribution in [3.8, 4) is 0 Å². The lowest BCUT2D eigenvalue weighted by atomic mass is 10.0. The van der Waals surface area contributed by atoms with Gasteiger partial charge in [0.2, 0.25) is 21.8 Å². The van der Waals surface area contributed by atoms with Gasteiger partial charge in [-0.15, -0.1) is 0 Å². The summed E-state index contributed by atoms with van der Waals surface area (Å²) in [6.45, 7) is 5.33. The van der Waals surface area contributed by atoms with Crippen LogP contribution in [0.5, 0.6) is 0 Å². The van der Waals surface area contributed by atoms with Gasteiger partial charge in [0.05, 0.1) is 11.4 Å². The molecule has 0 aliphatic rings. The van der Waals surface area contributed by atoms with Crippen LogP contribution in [-0.2, 0) is 32.6 Å². The molecule has 0 saturated carbocycles. The predicted octanol–water partition coefficient (Wildman–Crippen LogP) is 4.54. The molecule has 0 saturated heterocycles. The summed E-state index contributed by atoms with van der Waals surface area (Å²) in [7, 11) is -2.53. The Hall–Kier alpha value is -3.01. The van der Waals surface area contributed by atoms with Crippen LogP contribution in [0.4, 0.5) is 0 Å². The first-order chi connectivity index (χ1) is 18.0. The highest BCUT2D eigenvalue weighted by atomic mass is 79.9. The molecule has 0 fully saturated rings. The van der Waals surface area contributed by atoms with Crippen LogP contribution in [0.1, 0.15) is 30.5 Å². The first-order valence-corrected chi connectivity index (χ1v) is 14.6. The SMILES string of the molecule is Cc1ccc(S(=O)(=O)N(C)CC(=O)N(Cc2ccc(Br)cc2)C(Cc2ccccc2)C(=O)NC(C)C)cc1. The molecule has 202 valence electrons.